The van der Waals surface area contributed by atoms with Crippen LogP contribution in [0.2, 0.25) is 0 Å². The molecule has 5 heteroatoms. The monoisotopic (exact) mass is 205 g/mol. The summed E-state index contributed by atoms with van der Waals surface area (Å²) < 4.78 is 5.41. The van der Waals surface area contributed by atoms with Crippen LogP contribution in [0.1, 0.15) is 13.8 Å². The molecule has 0 spiro atoms. The topological polar surface area (TPSA) is 95.9 Å². The first kappa shape index (κ1) is 11.9. The highest BCUT2D eigenvalue weighted by molar-refractivity contribution is 4.95. The van der Waals surface area contributed by atoms with Crippen molar-refractivity contribution in [3.63, 3.8) is 0 Å². The van der Waals surface area contributed by atoms with Crippen molar-refractivity contribution in [1.29, 1.82) is 0 Å². The number of ether oxygens (including phenoxy) is 1. The van der Waals surface area contributed by atoms with Crippen molar-refractivity contribution < 1.29 is 20.1 Å². The summed E-state index contributed by atoms with van der Waals surface area (Å²) in [5, 5.41) is 28.2. The Morgan fingerprint density at radius 2 is 1.86 bits per heavy atom. The number of nitrogens with two attached hydrogens (primary N) is 1. The fourth-order valence-electron chi connectivity index (χ4n) is 1.73. The summed E-state index contributed by atoms with van der Waals surface area (Å²) in [4.78, 5) is 0. The molecule has 0 aromatic heterocycles. The maximum absolute atomic E-state index is 9.65. The number of aliphatic hydroxyl groups excluding tert-OH is 3. The maximum Gasteiger partial charge on any atom is 0.108 e. The van der Waals surface area contributed by atoms with Gasteiger partial charge in [-0.25, -0.2) is 0 Å². The molecule has 0 amide bonds. The smallest absolute Gasteiger partial charge is 0.108 e. The van der Waals surface area contributed by atoms with Crippen molar-refractivity contribution >= 4 is 0 Å². The highest BCUT2D eigenvalue weighted by Gasteiger charge is 2.43. The third-order valence-electron chi connectivity index (χ3n) is 2.68. The molecule has 84 valence electrons. The average Bonchev–Trinajstić information content (AvgIpc) is 2.14. The van der Waals surface area contributed by atoms with Gasteiger partial charge in [-0.3, -0.25) is 0 Å². The normalized spacial score (nSPS) is 44.4. The van der Waals surface area contributed by atoms with Crippen LogP contribution >= 0.6 is 0 Å². The summed E-state index contributed by atoms with van der Waals surface area (Å²) in [7, 11) is 0. The lowest BCUT2D eigenvalue weighted by molar-refractivity contribution is -0.198. The molecule has 0 aliphatic carbocycles. The minimum atomic E-state index is -1.03. The van der Waals surface area contributed by atoms with E-state index in [1.165, 1.54) is 0 Å². The number of hydrogen-bond acceptors (Lipinski definition) is 5. The van der Waals surface area contributed by atoms with Gasteiger partial charge in [0.2, 0.25) is 0 Å². The third-order valence-corrected chi connectivity index (χ3v) is 2.68. The number of aliphatic hydroxyl groups is 3. The second kappa shape index (κ2) is 4.55. The van der Waals surface area contributed by atoms with Crippen LogP contribution in [0.5, 0.6) is 0 Å². The fourth-order valence-corrected chi connectivity index (χ4v) is 1.73. The molecule has 5 atom stereocenters. The predicted molar refractivity (Wildman–Crippen MR) is 50.6 cm³/mol. The Hall–Kier alpha value is -0.200. The lowest BCUT2D eigenvalue weighted by Crippen LogP contribution is -2.63. The molecule has 1 heterocycles. The van der Waals surface area contributed by atoms with E-state index in [4.69, 9.17) is 15.6 Å². The molecule has 1 saturated heterocycles. The van der Waals surface area contributed by atoms with E-state index < -0.39 is 30.5 Å². The van der Waals surface area contributed by atoms with Crippen LogP contribution < -0.4 is 5.73 Å². The summed E-state index contributed by atoms with van der Waals surface area (Å²) >= 11 is 0. The Morgan fingerprint density at radius 1 is 1.29 bits per heavy atom. The molecule has 2 unspecified atom stereocenters. The molecule has 0 aromatic carbocycles. The van der Waals surface area contributed by atoms with Gasteiger partial charge >= 0.3 is 0 Å². The van der Waals surface area contributed by atoms with Gasteiger partial charge in [0, 0.05) is 0 Å². The Labute approximate surface area is 83.5 Å². The fraction of sp³-hybridized carbons (Fsp3) is 1.00. The molecule has 1 aliphatic rings. The zero-order valence-corrected chi connectivity index (χ0v) is 8.50. The van der Waals surface area contributed by atoms with Gasteiger partial charge in [-0.05, 0) is 5.92 Å². The largest absolute Gasteiger partial charge is 0.394 e. The van der Waals surface area contributed by atoms with E-state index in [0.29, 0.717) is 0 Å². The van der Waals surface area contributed by atoms with Gasteiger partial charge in [0.15, 0.2) is 0 Å². The Morgan fingerprint density at radius 3 is 2.29 bits per heavy atom. The molecule has 5 N–H and O–H groups in total. The molecule has 0 radical (unpaired) electrons. The first-order chi connectivity index (χ1) is 6.49. The summed E-state index contributed by atoms with van der Waals surface area (Å²) in [6.07, 6.45) is -3.08. The first-order valence-electron chi connectivity index (χ1n) is 4.87. The van der Waals surface area contributed by atoms with E-state index in [0.717, 1.165) is 0 Å². The predicted octanol–water partition coefficient (Wildman–Crippen LogP) is -1.55. The number of rotatable bonds is 2. The van der Waals surface area contributed by atoms with Crippen LogP contribution in [0.15, 0.2) is 0 Å². The van der Waals surface area contributed by atoms with Crippen molar-refractivity contribution in [3.8, 4) is 0 Å². The molecule has 5 nitrogen and oxygen atoms in total. The van der Waals surface area contributed by atoms with Gasteiger partial charge in [-0.1, -0.05) is 13.8 Å². The molecular formula is C9H19NO4. The Kier molecular flexibility index (Phi) is 3.86. The minimum absolute atomic E-state index is 0.0706. The highest BCUT2D eigenvalue weighted by atomic mass is 16.5. The molecule has 0 aromatic rings. The Balaban J connectivity index is 2.73. The molecule has 0 saturated carbocycles. The van der Waals surface area contributed by atoms with Crippen molar-refractivity contribution in [2.75, 3.05) is 6.61 Å². The number of hydrogen-bond donors (Lipinski definition) is 4. The lowest BCUT2D eigenvalue weighted by atomic mass is 9.88. The molecule has 14 heavy (non-hydrogen) atoms. The first-order valence-corrected chi connectivity index (χ1v) is 4.87. The van der Waals surface area contributed by atoms with Gasteiger partial charge in [-0.2, -0.15) is 0 Å². The van der Waals surface area contributed by atoms with E-state index in [1.54, 1.807) is 0 Å². The SMILES string of the molecule is CC(C)[C@@H]1OC(CO)[C@@H](N)C(O)[C@@H]1O. The van der Waals surface area contributed by atoms with E-state index >= 15 is 0 Å². The summed E-state index contributed by atoms with van der Waals surface area (Å²) in [6.45, 7) is 3.52. The molecule has 1 rings (SSSR count). The second-order valence-corrected chi connectivity index (χ2v) is 4.12. The average molecular weight is 205 g/mol. The third kappa shape index (κ3) is 2.07. The highest BCUT2D eigenvalue weighted by Crippen LogP contribution is 2.24. The van der Waals surface area contributed by atoms with E-state index in [-0.39, 0.29) is 12.5 Å². The van der Waals surface area contributed by atoms with Crippen molar-refractivity contribution in [3.05, 3.63) is 0 Å². The van der Waals surface area contributed by atoms with Gasteiger partial charge in [0.25, 0.3) is 0 Å². The molecular weight excluding hydrogens is 186 g/mol. The van der Waals surface area contributed by atoms with Crippen molar-refractivity contribution in [2.45, 2.75) is 44.3 Å². The molecule has 0 bridgehead atoms. The minimum Gasteiger partial charge on any atom is -0.394 e. The van der Waals surface area contributed by atoms with E-state index in [1.807, 2.05) is 13.8 Å². The van der Waals surface area contributed by atoms with Crippen LogP contribution in [0.4, 0.5) is 0 Å². The standard InChI is InChI=1S/C9H19NO4/c1-4(2)9-8(13)7(12)6(10)5(3-11)14-9/h4-9,11-13H,3,10H2,1-2H3/t5?,6-,7?,8+,9+/m1/s1. The van der Waals surface area contributed by atoms with Crippen LogP contribution in [0, 0.1) is 5.92 Å². The molecule has 1 aliphatic heterocycles. The maximum atomic E-state index is 9.65. The summed E-state index contributed by atoms with van der Waals surface area (Å²) in [5.74, 6) is 0.0706. The quantitative estimate of drug-likeness (QED) is 0.438. The summed E-state index contributed by atoms with van der Waals surface area (Å²) in [6, 6.07) is -0.731. The van der Waals surface area contributed by atoms with Crippen LogP contribution in [-0.4, -0.2) is 52.4 Å². The van der Waals surface area contributed by atoms with Gasteiger partial charge in [0.05, 0.1) is 24.9 Å². The zero-order chi connectivity index (χ0) is 10.9. The lowest BCUT2D eigenvalue weighted by Gasteiger charge is -2.42. The van der Waals surface area contributed by atoms with Crippen molar-refractivity contribution in [1.82, 2.24) is 0 Å². The van der Waals surface area contributed by atoms with Crippen LogP contribution in [0.3, 0.4) is 0 Å². The van der Waals surface area contributed by atoms with Crippen LogP contribution in [0.25, 0.3) is 0 Å². The van der Waals surface area contributed by atoms with Gasteiger partial charge in [-0.15, -0.1) is 0 Å². The van der Waals surface area contributed by atoms with E-state index in [2.05, 4.69) is 0 Å². The zero-order valence-electron chi connectivity index (χ0n) is 8.50. The van der Waals surface area contributed by atoms with E-state index in [9.17, 15) is 10.2 Å². The van der Waals surface area contributed by atoms with Crippen molar-refractivity contribution in [2.24, 2.45) is 11.7 Å². The second-order valence-electron chi connectivity index (χ2n) is 4.12. The Bertz CT molecular complexity index is 186. The molecule has 1 fully saturated rings. The van der Waals surface area contributed by atoms with Crippen LogP contribution in [-0.2, 0) is 4.74 Å². The summed E-state index contributed by atoms with van der Waals surface area (Å²) in [5.41, 5.74) is 5.59. The van der Waals surface area contributed by atoms with Gasteiger partial charge < -0.3 is 25.8 Å². The van der Waals surface area contributed by atoms with Gasteiger partial charge in [0.1, 0.15) is 12.2 Å².